The lowest BCUT2D eigenvalue weighted by Gasteiger charge is -2.28. The zero-order valence-electron chi connectivity index (χ0n) is 8.83. The number of hydrogen-bond acceptors (Lipinski definition) is 2. The maximum atomic E-state index is 12.8. The summed E-state index contributed by atoms with van der Waals surface area (Å²) in [6.45, 7) is 1.73. The summed E-state index contributed by atoms with van der Waals surface area (Å²) in [6, 6.07) is 0. The van der Waals surface area contributed by atoms with Crippen molar-refractivity contribution >= 4 is 5.97 Å². The summed E-state index contributed by atoms with van der Waals surface area (Å²) in [5, 5.41) is 0. The predicted molar refractivity (Wildman–Crippen MR) is 50.4 cm³/mol. The van der Waals surface area contributed by atoms with Crippen LogP contribution in [0.15, 0.2) is 12.2 Å². The summed E-state index contributed by atoms with van der Waals surface area (Å²) in [5.41, 5.74) is 0. The summed E-state index contributed by atoms with van der Waals surface area (Å²) in [4.78, 5) is 11.5. The van der Waals surface area contributed by atoms with Crippen LogP contribution in [0.4, 0.5) is 13.2 Å². The molecule has 2 aliphatic rings. The van der Waals surface area contributed by atoms with Gasteiger partial charge in [0.1, 0.15) is 0 Å². The Morgan fingerprint density at radius 3 is 2.56 bits per heavy atom. The van der Waals surface area contributed by atoms with E-state index in [0.29, 0.717) is 6.42 Å². The molecule has 0 N–H and O–H groups in total. The molecule has 16 heavy (non-hydrogen) atoms. The van der Waals surface area contributed by atoms with Gasteiger partial charge >= 0.3 is 12.1 Å². The Balaban J connectivity index is 2.22. The first kappa shape index (κ1) is 11.5. The molecule has 2 rings (SSSR count). The van der Waals surface area contributed by atoms with Crippen molar-refractivity contribution in [2.45, 2.75) is 19.5 Å². The SMILES string of the molecule is CCOC(=O)[C@@H]1[C@@H](C(F)(F)F)[C@H]2C=C[C@@H]1C2. The molecule has 0 saturated heterocycles. The number of esters is 1. The highest BCUT2D eigenvalue weighted by molar-refractivity contribution is 5.74. The first-order chi connectivity index (χ1) is 7.45. The number of allylic oxidation sites excluding steroid dienone is 2. The van der Waals surface area contributed by atoms with E-state index >= 15 is 0 Å². The maximum Gasteiger partial charge on any atom is 0.393 e. The van der Waals surface area contributed by atoms with Crippen molar-refractivity contribution < 1.29 is 22.7 Å². The molecule has 90 valence electrons. The van der Waals surface area contributed by atoms with Crippen molar-refractivity contribution in [3.8, 4) is 0 Å². The highest BCUT2D eigenvalue weighted by Gasteiger charge is 2.59. The van der Waals surface area contributed by atoms with Crippen molar-refractivity contribution in [1.82, 2.24) is 0 Å². The second-order valence-electron chi connectivity index (χ2n) is 4.29. The molecule has 0 heterocycles. The minimum Gasteiger partial charge on any atom is -0.466 e. The molecule has 0 spiro atoms. The van der Waals surface area contributed by atoms with Crippen LogP contribution in [0, 0.1) is 23.7 Å². The Bertz CT molecular complexity index is 322. The lowest BCUT2D eigenvalue weighted by Crippen LogP contribution is -2.38. The summed E-state index contributed by atoms with van der Waals surface area (Å²) in [5.74, 6) is -4.13. The third-order valence-corrected chi connectivity index (χ3v) is 3.40. The van der Waals surface area contributed by atoms with E-state index < -0.39 is 29.9 Å². The smallest absolute Gasteiger partial charge is 0.393 e. The fourth-order valence-corrected chi connectivity index (χ4v) is 2.83. The van der Waals surface area contributed by atoms with E-state index in [4.69, 9.17) is 4.74 Å². The molecule has 0 unspecified atom stereocenters. The van der Waals surface area contributed by atoms with Crippen molar-refractivity contribution in [2.75, 3.05) is 6.61 Å². The van der Waals surface area contributed by atoms with E-state index in [2.05, 4.69) is 0 Å². The number of ether oxygens (including phenoxy) is 1. The van der Waals surface area contributed by atoms with Gasteiger partial charge in [0.15, 0.2) is 0 Å². The van der Waals surface area contributed by atoms with E-state index in [-0.39, 0.29) is 12.5 Å². The zero-order valence-corrected chi connectivity index (χ0v) is 8.83. The molecule has 5 heteroatoms. The van der Waals surface area contributed by atoms with Gasteiger partial charge in [-0.3, -0.25) is 4.79 Å². The molecule has 0 radical (unpaired) electrons. The fourth-order valence-electron chi connectivity index (χ4n) is 2.83. The Morgan fingerprint density at radius 2 is 2.00 bits per heavy atom. The summed E-state index contributed by atoms with van der Waals surface area (Å²) < 4.78 is 43.2. The number of carbonyl (C=O) groups excluding carboxylic acids is 1. The second kappa shape index (κ2) is 3.79. The van der Waals surface area contributed by atoms with Gasteiger partial charge in [-0.25, -0.2) is 0 Å². The average Bonchev–Trinajstić information content (AvgIpc) is 2.74. The molecule has 2 aliphatic carbocycles. The third kappa shape index (κ3) is 1.72. The summed E-state index contributed by atoms with van der Waals surface area (Å²) in [7, 11) is 0. The standard InChI is InChI=1S/C11H13F3O2/c1-2-16-10(15)8-6-3-4-7(5-6)9(8)11(12,13)14/h3-4,6-9H,2,5H2,1H3/t6-,7+,8+,9+/m1/s1. The Morgan fingerprint density at radius 1 is 1.38 bits per heavy atom. The van der Waals surface area contributed by atoms with E-state index in [1.165, 1.54) is 0 Å². The number of carbonyl (C=O) groups is 1. The van der Waals surface area contributed by atoms with Crippen LogP contribution in [0.25, 0.3) is 0 Å². The Hall–Kier alpha value is -1.00. The molecule has 2 nitrogen and oxygen atoms in total. The van der Waals surface area contributed by atoms with Crippen molar-refractivity contribution in [1.29, 1.82) is 0 Å². The van der Waals surface area contributed by atoms with Crippen LogP contribution >= 0.6 is 0 Å². The van der Waals surface area contributed by atoms with Crippen LogP contribution in [0.3, 0.4) is 0 Å². The molecular weight excluding hydrogens is 221 g/mol. The van der Waals surface area contributed by atoms with Gasteiger partial charge in [0.05, 0.1) is 18.4 Å². The van der Waals surface area contributed by atoms with Gasteiger partial charge in [-0.05, 0) is 25.2 Å². The van der Waals surface area contributed by atoms with Gasteiger partial charge < -0.3 is 4.74 Å². The molecule has 0 amide bonds. The van der Waals surface area contributed by atoms with Crippen molar-refractivity contribution in [2.24, 2.45) is 23.7 Å². The minimum atomic E-state index is -4.32. The minimum absolute atomic E-state index is 0.126. The van der Waals surface area contributed by atoms with Gasteiger partial charge in [-0.15, -0.1) is 0 Å². The normalized spacial score (nSPS) is 36.8. The Kier molecular flexibility index (Phi) is 2.72. The topological polar surface area (TPSA) is 26.3 Å². The lowest BCUT2D eigenvalue weighted by atomic mass is 9.82. The van der Waals surface area contributed by atoms with Crippen LogP contribution in [0.2, 0.25) is 0 Å². The quantitative estimate of drug-likeness (QED) is 0.542. The summed E-state index contributed by atoms with van der Waals surface area (Å²) >= 11 is 0. The van der Waals surface area contributed by atoms with Crippen LogP contribution in [0.5, 0.6) is 0 Å². The van der Waals surface area contributed by atoms with E-state index in [1.807, 2.05) is 0 Å². The molecule has 1 fully saturated rings. The van der Waals surface area contributed by atoms with E-state index in [0.717, 1.165) is 0 Å². The third-order valence-electron chi connectivity index (χ3n) is 3.40. The largest absolute Gasteiger partial charge is 0.466 e. The van der Waals surface area contributed by atoms with Gasteiger partial charge in [0.2, 0.25) is 0 Å². The lowest BCUT2D eigenvalue weighted by molar-refractivity contribution is -0.201. The monoisotopic (exact) mass is 234 g/mol. The summed E-state index contributed by atoms with van der Waals surface area (Å²) in [6.07, 6.45) is -0.595. The molecule has 0 aromatic heterocycles. The molecule has 0 aromatic carbocycles. The number of rotatable bonds is 2. The molecule has 2 bridgehead atoms. The first-order valence-electron chi connectivity index (χ1n) is 5.36. The number of hydrogen-bond donors (Lipinski definition) is 0. The van der Waals surface area contributed by atoms with Crippen LogP contribution in [0.1, 0.15) is 13.3 Å². The number of alkyl halides is 3. The molecule has 1 saturated carbocycles. The highest BCUT2D eigenvalue weighted by atomic mass is 19.4. The zero-order chi connectivity index (χ0) is 11.9. The predicted octanol–water partition coefficient (Wildman–Crippen LogP) is 2.55. The van der Waals surface area contributed by atoms with Gasteiger partial charge in [-0.1, -0.05) is 12.2 Å². The molecule has 0 aromatic rings. The second-order valence-corrected chi connectivity index (χ2v) is 4.29. The van der Waals surface area contributed by atoms with Crippen LogP contribution < -0.4 is 0 Å². The Labute approximate surface area is 91.5 Å². The van der Waals surface area contributed by atoms with Gasteiger partial charge in [0.25, 0.3) is 0 Å². The molecular formula is C11H13F3O2. The maximum absolute atomic E-state index is 12.8. The number of fused-ring (bicyclic) bond motifs is 2. The van der Waals surface area contributed by atoms with E-state index in [9.17, 15) is 18.0 Å². The van der Waals surface area contributed by atoms with Crippen molar-refractivity contribution in [3.05, 3.63) is 12.2 Å². The van der Waals surface area contributed by atoms with Crippen LogP contribution in [-0.4, -0.2) is 18.8 Å². The van der Waals surface area contributed by atoms with Crippen molar-refractivity contribution in [3.63, 3.8) is 0 Å². The highest BCUT2D eigenvalue weighted by Crippen LogP contribution is 2.54. The number of halogens is 3. The van der Waals surface area contributed by atoms with Gasteiger partial charge in [-0.2, -0.15) is 13.2 Å². The van der Waals surface area contributed by atoms with Gasteiger partial charge in [0, 0.05) is 0 Å². The average molecular weight is 234 g/mol. The first-order valence-corrected chi connectivity index (χ1v) is 5.36. The van der Waals surface area contributed by atoms with Crippen LogP contribution in [-0.2, 0) is 9.53 Å². The molecule has 4 atom stereocenters. The molecule has 0 aliphatic heterocycles. The van der Waals surface area contributed by atoms with E-state index in [1.54, 1.807) is 19.1 Å². The fraction of sp³-hybridized carbons (Fsp3) is 0.727.